The van der Waals surface area contributed by atoms with E-state index in [2.05, 4.69) is 28.2 Å². The monoisotopic (exact) mass is 346 g/mol. The third-order valence-electron chi connectivity index (χ3n) is 3.47. The number of aryl methyl sites for hydroxylation is 3. The number of nitrogens with one attached hydrogen (secondary N) is 1. The van der Waals surface area contributed by atoms with Crippen molar-refractivity contribution in [1.82, 2.24) is 0 Å². The zero-order valence-electron chi connectivity index (χ0n) is 12.5. The molecular weight excluding hydrogens is 328 g/mol. The molecule has 0 heterocycles. The molecule has 2 rings (SSSR count). The lowest BCUT2D eigenvalue weighted by Gasteiger charge is -2.12. The largest absolute Gasteiger partial charge is 0.397 e. The van der Waals surface area contributed by atoms with E-state index in [1.165, 1.54) is 11.1 Å². The van der Waals surface area contributed by atoms with E-state index in [9.17, 15) is 4.79 Å². The number of carbonyl (C=O) groups excluding carboxylic acids is 1. The summed E-state index contributed by atoms with van der Waals surface area (Å²) in [4.78, 5) is 12.2. The minimum Gasteiger partial charge on any atom is -0.397 e. The van der Waals surface area contributed by atoms with Gasteiger partial charge in [0.05, 0.1) is 17.8 Å². The van der Waals surface area contributed by atoms with Crippen molar-refractivity contribution in [2.24, 2.45) is 0 Å². The Labute approximate surface area is 133 Å². The van der Waals surface area contributed by atoms with Gasteiger partial charge in [0.15, 0.2) is 0 Å². The number of nitrogen functional groups attached to an aromatic ring is 1. The number of carbonyl (C=O) groups is 1. The Hall–Kier alpha value is -1.81. The van der Waals surface area contributed by atoms with Crippen LogP contribution in [0.15, 0.2) is 34.8 Å². The van der Waals surface area contributed by atoms with Gasteiger partial charge >= 0.3 is 0 Å². The van der Waals surface area contributed by atoms with Gasteiger partial charge in [0.1, 0.15) is 0 Å². The third-order valence-corrected chi connectivity index (χ3v) is 4.09. The number of rotatable bonds is 3. The minimum atomic E-state index is -0.0745. The maximum atomic E-state index is 12.2. The molecule has 0 fully saturated rings. The van der Waals surface area contributed by atoms with Crippen molar-refractivity contribution in [3.05, 3.63) is 57.1 Å². The number of hydrogen-bond donors (Lipinski definition) is 2. The van der Waals surface area contributed by atoms with Crippen molar-refractivity contribution in [2.45, 2.75) is 27.2 Å². The summed E-state index contributed by atoms with van der Waals surface area (Å²) < 4.78 is 0.799. The molecule has 0 unspecified atom stereocenters. The summed E-state index contributed by atoms with van der Waals surface area (Å²) in [6.45, 7) is 6.07. The highest BCUT2D eigenvalue weighted by Crippen LogP contribution is 2.30. The number of nitrogens with two attached hydrogens (primary N) is 1. The van der Waals surface area contributed by atoms with Crippen LogP contribution in [0.25, 0.3) is 0 Å². The highest BCUT2D eigenvalue weighted by Gasteiger charge is 2.10. The third kappa shape index (κ3) is 3.85. The predicted molar refractivity (Wildman–Crippen MR) is 91.5 cm³/mol. The highest BCUT2D eigenvalue weighted by atomic mass is 79.9. The van der Waals surface area contributed by atoms with Gasteiger partial charge in [-0.2, -0.15) is 0 Å². The molecule has 3 N–H and O–H groups in total. The van der Waals surface area contributed by atoms with Crippen LogP contribution in [0.3, 0.4) is 0 Å². The molecule has 0 atom stereocenters. The van der Waals surface area contributed by atoms with E-state index in [4.69, 9.17) is 5.73 Å². The van der Waals surface area contributed by atoms with Crippen LogP contribution in [0.1, 0.15) is 22.3 Å². The fourth-order valence-electron chi connectivity index (χ4n) is 2.18. The van der Waals surface area contributed by atoms with Crippen LogP contribution in [-0.4, -0.2) is 5.91 Å². The summed E-state index contributed by atoms with van der Waals surface area (Å²) in [6, 6.07) is 9.84. The molecule has 4 heteroatoms. The van der Waals surface area contributed by atoms with Crippen molar-refractivity contribution < 1.29 is 4.79 Å². The first-order valence-corrected chi connectivity index (χ1v) is 7.57. The number of benzene rings is 2. The summed E-state index contributed by atoms with van der Waals surface area (Å²) >= 11 is 3.44. The van der Waals surface area contributed by atoms with Crippen molar-refractivity contribution in [3.8, 4) is 0 Å². The fourth-order valence-corrected chi connectivity index (χ4v) is 2.87. The van der Waals surface area contributed by atoms with Gasteiger partial charge in [-0.3, -0.25) is 4.79 Å². The molecule has 0 saturated carbocycles. The first kappa shape index (κ1) is 15.6. The smallest absolute Gasteiger partial charge is 0.228 e. The first-order chi connectivity index (χ1) is 9.86. The van der Waals surface area contributed by atoms with Crippen LogP contribution < -0.4 is 11.1 Å². The molecule has 0 saturated heterocycles. The number of amides is 1. The van der Waals surface area contributed by atoms with Crippen molar-refractivity contribution in [3.63, 3.8) is 0 Å². The summed E-state index contributed by atoms with van der Waals surface area (Å²) in [6.07, 6.45) is 0.334. The first-order valence-electron chi connectivity index (χ1n) is 6.78. The van der Waals surface area contributed by atoms with Gasteiger partial charge in [-0.25, -0.2) is 0 Å². The second kappa shape index (κ2) is 6.31. The van der Waals surface area contributed by atoms with Gasteiger partial charge in [0, 0.05) is 4.47 Å². The summed E-state index contributed by atoms with van der Waals surface area (Å²) in [5.41, 5.74) is 11.6. The predicted octanol–water partition coefficient (Wildman–Crippen LogP) is 4.14. The van der Waals surface area contributed by atoms with Gasteiger partial charge in [0.25, 0.3) is 0 Å². The Balaban J connectivity index is 2.13. The molecule has 21 heavy (non-hydrogen) atoms. The summed E-state index contributed by atoms with van der Waals surface area (Å²) in [5, 5.41) is 2.88. The average molecular weight is 347 g/mol. The van der Waals surface area contributed by atoms with Gasteiger partial charge < -0.3 is 11.1 Å². The van der Waals surface area contributed by atoms with Crippen LogP contribution in [0.5, 0.6) is 0 Å². The molecule has 0 bridgehead atoms. The fraction of sp³-hybridized carbons (Fsp3) is 0.235. The Morgan fingerprint density at radius 2 is 1.86 bits per heavy atom. The Morgan fingerprint density at radius 1 is 1.14 bits per heavy atom. The van der Waals surface area contributed by atoms with Crippen LogP contribution in [0, 0.1) is 20.8 Å². The van der Waals surface area contributed by atoms with E-state index in [0.29, 0.717) is 17.8 Å². The van der Waals surface area contributed by atoms with E-state index in [-0.39, 0.29) is 5.91 Å². The lowest BCUT2D eigenvalue weighted by atomic mass is 10.0. The Kier molecular flexibility index (Phi) is 4.68. The van der Waals surface area contributed by atoms with E-state index < -0.39 is 0 Å². The van der Waals surface area contributed by atoms with E-state index in [1.54, 1.807) is 0 Å². The second-order valence-corrected chi connectivity index (χ2v) is 6.21. The van der Waals surface area contributed by atoms with Gasteiger partial charge in [0.2, 0.25) is 5.91 Å². The van der Waals surface area contributed by atoms with Crippen molar-refractivity contribution >= 4 is 33.2 Å². The number of anilines is 2. The van der Waals surface area contributed by atoms with Crippen molar-refractivity contribution in [2.75, 3.05) is 11.1 Å². The van der Waals surface area contributed by atoms with Crippen LogP contribution in [0.2, 0.25) is 0 Å². The van der Waals surface area contributed by atoms with Crippen LogP contribution in [-0.2, 0) is 11.2 Å². The zero-order chi connectivity index (χ0) is 15.6. The summed E-state index contributed by atoms with van der Waals surface area (Å²) in [5.74, 6) is -0.0745. The molecule has 3 nitrogen and oxygen atoms in total. The van der Waals surface area contributed by atoms with Gasteiger partial charge in [-0.05, 0) is 71.1 Å². The van der Waals surface area contributed by atoms with Crippen molar-refractivity contribution in [1.29, 1.82) is 0 Å². The molecule has 2 aromatic rings. The van der Waals surface area contributed by atoms with Crippen LogP contribution >= 0.6 is 15.9 Å². The van der Waals surface area contributed by atoms with Gasteiger partial charge in [-0.1, -0.05) is 18.2 Å². The number of halogens is 1. The Morgan fingerprint density at radius 3 is 2.48 bits per heavy atom. The standard InChI is InChI=1S/C17H19BrN2O/c1-10-6-14(18)17(15(19)7-10)20-16(21)9-13-5-4-11(2)12(3)8-13/h4-8H,9,19H2,1-3H3,(H,20,21). The molecular formula is C17H19BrN2O. The van der Waals surface area contributed by atoms with E-state index in [1.807, 2.05) is 44.2 Å². The molecule has 110 valence electrons. The average Bonchev–Trinajstić information content (AvgIpc) is 2.38. The van der Waals surface area contributed by atoms with Gasteiger partial charge in [-0.15, -0.1) is 0 Å². The molecule has 0 spiro atoms. The second-order valence-electron chi connectivity index (χ2n) is 5.35. The lowest BCUT2D eigenvalue weighted by Crippen LogP contribution is -2.16. The quantitative estimate of drug-likeness (QED) is 0.820. The maximum Gasteiger partial charge on any atom is 0.228 e. The molecule has 0 radical (unpaired) electrons. The summed E-state index contributed by atoms with van der Waals surface area (Å²) in [7, 11) is 0. The van der Waals surface area contributed by atoms with E-state index >= 15 is 0 Å². The lowest BCUT2D eigenvalue weighted by molar-refractivity contribution is -0.115. The molecule has 0 aliphatic heterocycles. The molecule has 2 aromatic carbocycles. The number of hydrogen-bond acceptors (Lipinski definition) is 2. The topological polar surface area (TPSA) is 55.1 Å². The van der Waals surface area contributed by atoms with E-state index in [0.717, 1.165) is 15.6 Å². The minimum absolute atomic E-state index is 0.0745. The molecule has 1 amide bonds. The zero-order valence-corrected chi connectivity index (χ0v) is 14.0. The normalized spacial score (nSPS) is 10.5. The molecule has 0 aliphatic rings. The molecule has 0 aromatic heterocycles. The highest BCUT2D eigenvalue weighted by molar-refractivity contribution is 9.10. The molecule has 0 aliphatic carbocycles. The van der Waals surface area contributed by atoms with Crippen LogP contribution in [0.4, 0.5) is 11.4 Å². The maximum absolute atomic E-state index is 12.2. The Bertz CT molecular complexity index is 672. The SMILES string of the molecule is Cc1cc(N)c(NC(=O)Cc2ccc(C)c(C)c2)c(Br)c1.